The minimum Gasteiger partial charge on any atom is -1.00 e. The van der Waals surface area contributed by atoms with E-state index in [0.29, 0.717) is 0 Å². The van der Waals surface area contributed by atoms with E-state index in [4.69, 9.17) is 4.74 Å². The maximum atomic E-state index is 12.3. The van der Waals surface area contributed by atoms with Crippen LogP contribution in [-0.2, 0) is 10.3 Å². The summed E-state index contributed by atoms with van der Waals surface area (Å²) in [5.74, 6) is 0. The highest BCUT2D eigenvalue weighted by Crippen LogP contribution is 2.57. The first kappa shape index (κ1) is 21.5. The second kappa shape index (κ2) is 8.66. The van der Waals surface area contributed by atoms with Crippen molar-refractivity contribution in [2.24, 2.45) is 5.41 Å². The van der Waals surface area contributed by atoms with Crippen LogP contribution in [0.3, 0.4) is 0 Å². The lowest BCUT2D eigenvalue weighted by Crippen LogP contribution is -3.00. The van der Waals surface area contributed by atoms with Crippen molar-refractivity contribution in [3.05, 3.63) is 71.8 Å². The van der Waals surface area contributed by atoms with Gasteiger partial charge in [-0.2, -0.15) is 0 Å². The predicted octanol–water partition coefficient (Wildman–Crippen LogP) is 0.964. The molecule has 3 fully saturated rings. The molecule has 0 atom stereocenters. The molecule has 3 aliphatic heterocycles. The van der Waals surface area contributed by atoms with Gasteiger partial charge in [0.15, 0.2) is 0 Å². The fourth-order valence-corrected chi connectivity index (χ4v) is 5.62. The van der Waals surface area contributed by atoms with Crippen molar-refractivity contribution >= 4 is 0 Å². The van der Waals surface area contributed by atoms with Crippen molar-refractivity contribution < 1.29 is 31.3 Å². The highest BCUT2D eigenvalue weighted by atomic mass is 79.9. The van der Waals surface area contributed by atoms with Crippen molar-refractivity contribution in [3.8, 4) is 0 Å². The lowest BCUT2D eigenvalue weighted by atomic mass is 9.56. The minimum atomic E-state index is -0.918. The monoisotopic (exact) mass is 445 g/mol. The zero-order valence-corrected chi connectivity index (χ0v) is 18.4. The number of ether oxygens (including phenoxy) is 1. The van der Waals surface area contributed by atoms with Gasteiger partial charge < -0.3 is 31.3 Å². The van der Waals surface area contributed by atoms with E-state index < -0.39 is 5.60 Å². The van der Waals surface area contributed by atoms with Gasteiger partial charge in [0.2, 0.25) is 0 Å². The van der Waals surface area contributed by atoms with Crippen molar-refractivity contribution in [1.82, 2.24) is 0 Å². The van der Waals surface area contributed by atoms with Gasteiger partial charge in [-0.15, -0.1) is 0 Å². The summed E-state index contributed by atoms with van der Waals surface area (Å²) in [5, 5.41) is 12.3. The van der Waals surface area contributed by atoms with Crippen molar-refractivity contribution in [3.63, 3.8) is 0 Å². The Morgan fingerprint density at radius 3 is 1.79 bits per heavy atom. The topological polar surface area (TPSA) is 29.5 Å². The van der Waals surface area contributed by atoms with Crippen LogP contribution < -0.4 is 17.0 Å². The zero-order chi connectivity index (χ0) is 18.8. The van der Waals surface area contributed by atoms with Crippen LogP contribution in [0.2, 0.25) is 0 Å². The molecule has 1 N–H and O–H groups in total. The van der Waals surface area contributed by atoms with Crippen molar-refractivity contribution in [1.29, 1.82) is 0 Å². The SMILES string of the molecule is COCCC[N+]12CCC(C(O)(c3ccccc3)c3ccccc3)(CC1)CC2.[Br-]. The zero-order valence-electron chi connectivity index (χ0n) is 16.8. The lowest BCUT2D eigenvalue weighted by Gasteiger charge is -2.60. The molecule has 3 saturated heterocycles. The predicted molar refractivity (Wildman–Crippen MR) is 108 cm³/mol. The number of fused-ring (bicyclic) bond motifs is 3. The molecule has 0 radical (unpaired) electrons. The van der Waals surface area contributed by atoms with Gasteiger partial charge in [0.1, 0.15) is 5.60 Å². The van der Waals surface area contributed by atoms with Gasteiger partial charge in [0, 0.05) is 38.2 Å². The number of aliphatic hydroxyl groups is 1. The molecule has 4 heteroatoms. The number of piperidine rings is 3. The van der Waals surface area contributed by atoms with Crippen LogP contribution in [0.25, 0.3) is 0 Å². The molecule has 28 heavy (non-hydrogen) atoms. The molecule has 5 rings (SSSR count). The number of rotatable bonds is 7. The maximum absolute atomic E-state index is 12.3. The highest BCUT2D eigenvalue weighted by molar-refractivity contribution is 5.39. The highest BCUT2D eigenvalue weighted by Gasteiger charge is 2.60. The molecule has 2 bridgehead atoms. The quantitative estimate of drug-likeness (QED) is 0.508. The fraction of sp³-hybridized carbons (Fsp3) is 0.500. The van der Waals surface area contributed by atoms with Gasteiger partial charge >= 0.3 is 0 Å². The van der Waals surface area contributed by atoms with Crippen LogP contribution in [0.5, 0.6) is 0 Å². The summed E-state index contributed by atoms with van der Waals surface area (Å²) < 4.78 is 6.49. The molecular weight excluding hydrogens is 414 g/mol. The van der Waals surface area contributed by atoms with E-state index in [-0.39, 0.29) is 22.4 Å². The molecule has 152 valence electrons. The first-order valence-electron chi connectivity index (χ1n) is 10.3. The van der Waals surface area contributed by atoms with E-state index in [1.807, 2.05) is 12.1 Å². The Morgan fingerprint density at radius 2 is 1.36 bits per heavy atom. The number of methoxy groups -OCH3 is 1. The smallest absolute Gasteiger partial charge is 0.121 e. The van der Waals surface area contributed by atoms with E-state index >= 15 is 0 Å². The summed E-state index contributed by atoms with van der Waals surface area (Å²) in [6.07, 6.45) is 4.38. The van der Waals surface area contributed by atoms with Gasteiger partial charge in [-0.25, -0.2) is 0 Å². The largest absolute Gasteiger partial charge is 1.00 e. The molecule has 3 aliphatic rings. The average Bonchev–Trinajstić information content (AvgIpc) is 2.76. The third-order valence-electron chi connectivity index (χ3n) is 7.33. The van der Waals surface area contributed by atoms with Crippen LogP contribution in [0, 0.1) is 5.41 Å². The summed E-state index contributed by atoms with van der Waals surface area (Å²) in [6.45, 7) is 5.57. The minimum absolute atomic E-state index is 0. The molecule has 2 aromatic rings. The standard InChI is InChI=1S/C24H32NO2.BrH/c1-27-20-8-16-25-17-13-23(14-18-25,15-19-25)24(26,21-9-4-2-5-10-21)22-11-6-3-7-12-22;/h2-7,9-12,26H,8,13-20H2,1H3;1H/q+1;/p-1. The van der Waals surface area contributed by atoms with Gasteiger partial charge in [-0.1, -0.05) is 60.7 Å². The van der Waals surface area contributed by atoms with Crippen LogP contribution in [0.15, 0.2) is 60.7 Å². The summed E-state index contributed by atoms with van der Waals surface area (Å²) in [5.41, 5.74) is 1.09. The summed E-state index contributed by atoms with van der Waals surface area (Å²) in [4.78, 5) is 0. The van der Waals surface area contributed by atoms with E-state index in [1.54, 1.807) is 7.11 Å². The number of benzene rings is 2. The van der Waals surface area contributed by atoms with Gasteiger partial charge in [-0.05, 0) is 11.1 Å². The summed E-state index contributed by atoms with van der Waals surface area (Å²) in [7, 11) is 1.79. The second-order valence-corrected chi connectivity index (χ2v) is 8.56. The van der Waals surface area contributed by atoms with E-state index in [1.165, 1.54) is 30.7 Å². The maximum Gasteiger partial charge on any atom is 0.121 e. The molecular formula is C24H32BrNO2. The lowest BCUT2D eigenvalue weighted by molar-refractivity contribution is -0.946. The molecule has 0 aliphatic carbocycles. The molecule has 3 heterocycles. The van der Waals surface area contributed by atoms with Crippen LogP contribution >= 0.6 is 0 Å². The van der Waals surface area contributed by atoms with E-state index in [0.717, 1.165) is 43.4 Å². The number of hydrogen-bond acceptors (Lipinski definition) is 2. The Kier molecular flexibility index (Phi) is 6.65. The molecule has 3 nitrogen and oxygen atoms in total. The Labute approximate surface area is 179 Å². The Morgan fingerprint density at radius 1 is 0.893 bits per heavy atom. The Balaban J connectivity index is 0.00000225. The number of hydrogen-bond donors (Lipinski definition) is 1. The molecule has 2 aromatic carbocycles. The van der Waals surface area contributed by atoms with Gasteiger partial charge in [0.05, 0.1) is 32.8 Å². The van der Waals surface area contributed by atoms with Crippen molar-refractivity contribution in [2.75, 3.05) is 39.9 Å². The third-order valence-corrected chi connectivity index (χ3v) is 7.33. The van der Waals surface area contributed by atoms with E-state index in [9.17, 15) is 5.11 Å². The van der Waals surface area contributed by atoms with Gasteiger partial charge in [0.25, 0.3) is 0 Å². The Bertz CT molecular complexity index is 686. The normalized spacial score (nSPS) is 26.6. The van der Waals surface area contributed by atoms with E-state index in [2.05, 4.69) is 48.5 Å². The average molecular weight is 446 g/mol. The Hall–Kier alpha value is -1.20. The number of quaternary nitrogens is 1. The third kappa shape index (κ3) is 3.56. The molecule has 0 amide bonds. The second-order valence-electron chi connectivity index (χ2n) is 8.56. The van der Waals surface area contributed by atoms with Crippen LogP contribution in [0.1, 0.15) is 36.8 Å². The number of halogens is 1. The molecule has 0 aromatic heterocycles. The molecule has 0 saturated carbocycles. The molecule has 0 spiro atoms. The van der Waals surface area contributed by atoms with Crippen molar-refractivity contribution in [2.45, 2.75) is 31.3 Å². The fourth-order valence-electron chi connectivity index (χ4n) is 5.62. The van der Waals surface area contributed by atoms with Gasteiger partial charge in [-0.3, -0.25) is 0 Å². The summed E-state index contributed by atoms with van der Waals surface area (Å²) in [6, 6.07) is 20.7. The van der Waals surface area contributed by atoms with Crippen LogP contribution in [0.4, 0.5) is 0 Å². The summed E-state index contributed by atoms with van der Waals surface area (Å²) >= 11 is 0. The first-order chi connectivity index (χ1) is 13.1. The number of nitrogens with zero attached hydrogens (tertiary/aromatic N) is 1. The first-order valence-corrected chi connectivity index (χ1v) is 10.3. The molecule has 0 unspecified atom stereocenters. The van der Waals surface area contributed by atoms with Crippen LogP contribution in [-0.4, -0.2) is 49.5 Å².